The van der Waals surface area contributed by atoms with E-state index in [-0.39, 0.29) is 5.69 Å². The number of rotatable bonds is 5. The summed E-state index contributed by atoms with van der Waals surface area (Å²) in [5, 5.41) is 16.6. The van der Waals surface area contributed by atoms with Gasteiger partial charge in [-0.2, -0.15) is 5.10 Å². The van der Waals surface area contributed by atoms with Gasteiger partial charge in [-0.3, -0.25) is 15.5 Å². The number of nitrogens with one attached hydrogen (secondary N) is 1. The third-order valence-electron chi connectivity index (χ3n) is 2.32. The van der Waals surface area contributed by atoms with E-state index in [1.54, 1.807) is 41.4 Å². The van der Waals surface area contributed by atoms with Crippen LogP contribution >= 0.6 is 23.1 Å². The summed E-state index contributed by atoms with van der Waals surface area (Å²) in [4.78, 5) is 10.1. The minimum atomic E-state index is -0.427. The molecule has 0 radical (unpaired) electrons. The fourth-order valence-corrected chi connectivity index (χ4v) is 2.90. The second-order valence-corrected chi connectivity index (χ2v) is 5.53. The summed E-state index contributed by atoms with van der Waals surface area (Å²) in [5.74, 6) is 0. The predicted octanol–water partition coefficient (Wildman–Crippen LogP) is 3.82. The largest absolute Gasteiger partial charge is 0.278 e. The van der Waals surface area contributed by atoms with E-state index in [0.29, 0.717) is 5.69 Å². The monoisotopic (exact) mass is 293 g/mol. The Kier molecular flexibility index (Phi) is 4.53. The highest BCUT2D eigenvalue weighted by atomic mass is 32.2. The number of anilines is 1. The van der Waals surface area contributed by atoms with Crippen LogP contribution in [0.3, 0.4) is 0 Å². The van der Waals surface area contributed by atoms with Gasteiger partial charge < -0.3 is 0 Å². The van der Waals surface area contributed by atoms with E-state index in [9.17, 15) is 10.1 Å². The van der Waals surface area contributed by atoms with Crippen LogP contribution in [-0.2, 0) is 0 Å². The number of hydrogen-bond donors (Lipinski definition) is 1. The number of benzene rings is 1. The van der Waals surface area contributed by atoms with Crippen molar-refractivity contribution in [1.29, 1.82) is 0 Å². The molecule has 0 spiro atoms. The molecule has 19 heavy (non-hydrogen) atoms. The molecule has 0 aliphatic heterocycles. The first-order valence-corrected chi connectivity index (χ1v) is 7.46. The van der Waals surface area contributed by atoms with E-state index in [1.807, 2.05) is 17.7 Å². The summed E-state index contributed by atoms with van der Waals surface area (Å²) in [7, 11) is 0. The molecule has 0 amide bonds. The van der Waals surface area contributed by atoms with Gasteiger partial charge in [0.2, 0.25) is 0 Å². The Labute approximate surface area is 118 Å². The normalized spacial score (nSPS) is 10.8. The first-order chi connectivity index (χ1) is 9.20. The Morgan fingerprint density at radius 3 is 2.74 bits per heavy atom. The summed E-state index contributed by atoms with van der Waals surface area (Å²) < 4.78 is 1.20. The number of nitro benzene ring substituents is 1. The Hall–Kier alpha value is -1.86. The van der Waals surface area contributed by atoms with Crippen LogP contribution in [0.25, 0.3) is 0 Å². The molecule has 0 aliphatic rings. The molecule has 0 saturated heterocycles. The average Bonchev–Trinajstić information content (AvgIpc) is 2.87. The SMILES string of the molecule is CSc1sccc1/C=N/Nc1ccc([N+](=O)[O-])cc1. The highest BCUT2D eigenvalue weighted by molar-refractivity contribution is 8.00. The van der Waals surface area contributed by atoms with Gasteiger partial charge >= 0.3 is 0 Å². The molecular formula is C12H11N3O2S2. The van der Waals surface area contributed by atoms with E-state index in [0.717, 1.165) is 5.56 Å². The Balaban J connectivity index is 2.00. The third-order valence-corrected chi connectivity index (χ3v) is 4.44. The summed E-state index contributed by atoms with van der Waals surface area (Å²) in [6.07, 6.45) is 3.76. The van der Waals surface area contributed by atoms with Gasteiger partial charge in [-0.1, -0.05) is 0 Å². The molecule has 1 heterocycles. The van der Waals surface area contributed by atoms with Gasteiger partial charge in [0.05, 0.1) is 21.0 Å². The van der Waals surface area contributed by atoms with Crippen LogP contribution in [0, 0.1) is 10.1 Å². The molecule has 0 unspecified atom stereocenters. The smallest absolute Gasteiger partial charge is 0.269 e. The van der Waals surface area contributed by atoms with Crippen molar-refractivity contribution < 1.29 is 4.92 Å². The number of hydrazone groups is 1. The summed E-state index contributed by atoms with van der Waals surface area (Å²) in [6.45, 7) is 0. The van der Waals surface area contributed by atoms with Crippen molar-refractivity contribution in [2.75, 3.05) is 11.7 Å². The Morgan fingerprint density at radius 1 is 1.37 bits per heavy atom. The highest BCUT2D eigenvalue weighted by Crippen LogP contribution is 2.25. The summed E-state index contributed by atoms with van der Waals surface area (Å²) in [6, 6.07) is 8.13. The lowest BCUT2D eigenvalue weighted by molar-refractivity contribution is -0.384. The zero-order valence-corrected chi connectivity index (χ0v) is 11.7. The Bertz CT molecular complexity index is 593. The average molecular weight is 293 g/mol. The number of non-ortho nitro benzene ring substituents is 1. The van der Waals surface area contributed by atoms with Gasteiger partial charge in [0.25, 0.3) is 5.69 Å². The second-order valence-electron chi connectivity index (χ2n) is 3.54. The molecule has 0 fully saturated rings. The number of nitro groups is 1. The quantitative estimate of drug-likeness (QED) is 0.394. The van der Waals surface area contributed by atoms with Crippen LogP contribution in [0.4, 0.5) is 11.4 Å². The van der Waals surface area contributed by atoms with Gasteiger partial charge in [-0.05, 0) is 29.8 Å². The maximum atomic E-state index is 10.5. The zero-order valence-electron chi connectivity index (χ0n) is 10.1. The minimum Gasteiger partial charge on any atom is -0.278 e. The van der Waals surface area contributed by atoms with E-state index in [2.05, 4.69) is 10.5 Å². The van der Waals surface area contributed by atoms with E-state index in [1.165, 1.54) is 16.3 Å². The molecule has 0 aliphatic carbocycles. The van der Waals surface area contributed by atoms with Crippen LogP contribution in [0.2, 0.25) is 0 Å². The van der Waals surface area contributed by atoms with Crippen LogP contribution < -0.4 is 5.43 Å². The van der Waals surface area contributed by atoms with Crippen molar-refractivity contribution in [2.24, 2.45) is 5.10 Å². The molecule has 2 aromatic rings. The lowest BCUT2D eigenvalue weighted by atomic mass is 10.3. The summed E-state index contributed by atoms with van der Waals surface area (Å²) >= 11 is 3.35. The van der Waals surface area contributed by atoms with Crippen molar-refractivity contribution >= 4 is 40.7 Å². The number of thioether (sulfide) groups is 1. The standard InChI is InChI=1S/C12H11N3O2S2/c1-18-12-9(6-7-19-12)8-13-14-10-2-4-11(5-3-10)15(16)17/h2-8,14H,1H3/b13-8+. The maximum Gasteiger partial charge on any atom is 0.269 e. The van der Waals surface area contributed by atoms with Crippen LogP contribution in [0.5, 0.6) is 0 Å². The van der Waals surface area contributed by atoms with Gasteiger partial charge in [0.15, 0.2) is 0 Å². The van der Waals surface area contributed by atoms with Crippen LogP contribution in [0.1, 0.15) is 5.56 Å². The topological polar surface area (TPSA) is 67.5 Å². The van der Waals surface area contributed by atoms with Crippen molar-refractivity contribution in [3.8, 4) is 0 Å². The van der Waals surface area contributed by atoms with E-state index in [4.69, 9.17) is 0 Å². The zero-order chi connectivity index (χ0) is 13.7. The molecule has 5 nitrogen and oxygen atoms in total. The van der Waals surface area contributed by atoms with Gasteiger partial charge in [0, 0.05) is 17.7 Å². The lowest BCUT2D eigenvalue weighted by Crippen LogP contribution is -1.91. The van der Waals surface area contributed by atoms with E-state index >= 15 is 0 Å². The summed E-state index contributed by atoms with van der Waals surface area (Å²) in [5.41, 5.74) is 4.68. The van der Waals surface area contributed by atoms with Crippen molar-refractivity contribution in [3.63, 3.8) is 0 Å². The van der Waals surface area contributed by atoms with Crippen molar-refractivity contribution in [2.45, 2.75) is 4.21 Å². The van der Waals surface area contributed by atoms with Crippen LogP contribution in [-0.4, -0.2) is 17.4 Å². The van der Waals surface area contributed by atoms with Crippen molar-refractivity contribution in [1.82, 2.24) is 0 Å². The second kappa shape index (κ2) is 6.35. The number of thiophene rings is 1. The number of hydrogen-bond acceptors (Lipinski definition) is 6. The fourth-order valence-electron chi connectivity index (χ4n) is 1.40. The molecule has 2 rings (SSSR count). The third kappa shape index (κ3) is 3.55. The molecular weight excluding hydrogens is 282 g/mol. The van der Waals surface area contributed by atoms with Gasteiger partial charge in [-0.15, -0.1) is 23.1 Å². The minimum absolute atomic E-state index is 0.0667. The molecule has 7 heteroatoms. The van der Waals surface area contributed by atoms with Crippen LogP contribution in [0.15, 0.2) is 45.0 Å². The first kappa shape index (κ1) is 13.6. The molecule has 0 saturated carbocycles. The molecule has 0 atom stereocenters. The van der Waals surface area contributed by atoms with E-state index < -0.39 is 4.92 Å². The van der Waals surface area contributed by atoms with Gasteiger partial charge in [0.1, 0.15) is 0 Å². The van der Waals surface area contributed by atoms with Crippen molar-refractivity contribution in [3.05, 3.63) is 51.4 Å². The molecule has 1 N–H and O–H groups in total. The number of nitrogens with zero attached hydrogens (tertiary/aromatic N) is 2. The fraction of sp³-hybridized carbons (Fsp3) is 0.0833. The Morgan fingerprint density at radius 2 is 2.11 bits per heavy atom. The predicted molar refractivity (Wildman–Crippen MR) is 80.4 cm³/mol. The molecule has 0 bridgehead atoms. The maximum absolute atomic E-state index is 10.5. The molecule has 1 aromatic heterocycles. The first-order valence-electron chi connectivity index (χ1n) is 5.35. The highest BCUT2D eigenvalue weighted by Gasteiger charge is 2.03. The molecule has 98 valence electrons. The molecule has 1 aromatic carbocycles. The lowest BCUT2D eigenvalue weighted by Gasteiger charge is -1.99. The van der Waals surface area contributed by atoms with Gasteiger partial charge in [-0.25, -0.2) is 0 Å².